The zero-order valence-corrected chi connectivity index (χ0v) is 27.2. The van der Waals surface area contributed by atoms with Crippen LogP contribution in [-0.4, -0.2) is 22.2 Å². The molecule has 0 spiro atoms. The van der Waals surface area contributed by atoms with E-state index in [4.69, 9.17) is 5.11 Å². The first-order valence-corrected chi connectivity index (χ1v) is 16.7. The molecule has 4 saturated carbocycles. The van der Waals surface area contributed by atoms with Crippen LogP contribution in [0.5, 0.6) is 0 Å². The summed E-state index contributed by atoms with van der Waals surface area (Å²) in [6.45, 7) is 19.2. The SMILES string of the molecule is C=C(C)[C@@H]1CC[C@]2(C(=O)O)CC[C@]3(C)[C@H](CC[C@@H]4[C@@]5(C)CC=C(c6ccc(/C=C/C(=O)O)cc6)C(C)(C)[C@@H]5CC[C@]43C)[C@@H]12. The smallest absolute Gasteiger partial charge is 0.328 e. The van der Waals surface area contributed by atoms with Crippen molar-refractivity contribution in [2.24, 2.45) is 56.7 Å². The highest BCUT2D eigenvalue weighted by molar-refractivity contribution is 5.85. The average Bonchev–Trinajstić information content (AvgIpc) is 3.34. The number of rotatable bonds is 5. The van der Waals surface area contributed by atoms with Crippen molar-refractivity contribution in [3.8, 4) is 0 Å². The summed E-state index contributed by atoms with van der Waals surface area (Å²) in [7, 11) is 0. The van der Waals surface area contributed by atoms with Crippen LogP contribution < -0.4 is 0 Å². The molecule has 6 rings (SSSR count). The van der Waals surface area contributed by atoms with E-state index in [9.17, 15) is 14.7 Å². The van der Waals surface area contributed by atoms with E-state index in [1.54, 1.807) is 6.08 Å². The van der Waals surface area contributed by atoms with Crippen molar-refractivity contribution in [2.45, 2.75) is 99.3 Å². The summed E-state index contributed by atoms with van der Waals surface area (Å²) >= 11 is 0. The molecule has 0 amide bonds. The molecule has 1 aromatic carbocycles. The third-order valence-corrected chi connectivity index (χ3v) is 14.7. The largest absolute Gasteiger partial charge is 0.481 e. The number of fused-ring (bicyclic) bond motifs is 7. The van der Waals surface area contributed by atoms with E-state index >= 15 is 0 Å². The van der Waals surface area contributed by atoms with Crippen molar-refractivity contribution < 1.29 is 19.8 Å². The summed E-state index contributed by atoms with van der Waals surface area (Å²) in [5.41, 5.74) is 4.74. The van der Waals surface area contributed by atoms with Gasteiger partial charge in [0.05, 0.1) is 5.41 Å². The van der Waals surface area contributed by atoms with Gasteiger partial charge in [-0.3, -0.25) is 4.79 Å². The molecule has 4 fully saturated rings. The number of aliphatic carboxylic acids is 2. The Morgan fingerprint density at radius 1 is 0.860 bits per heavy atom. The molecule has 5 aliphatic carbocycles. The molecule has 0 heterocycles. The molecule has 43 heavy (non-hydrogen) atoms. The fourth-order valence-electron chi connectivity index (χ4n) is 12.6. The Kier molecular flexibility index (Phi) is 7.03. The third kappa shape index (κ3) is 4.13. The lowest BCUT2D eigenvalue weighted by Crippen LogP contribution is -2.65. The van der Waals surface area contributed by atoms with E-state index in [2.05, 4.69) is 66.3 Å². The molecule has 0 aromatic heterocycles. The molecule has 2 N–H and O–H groups in total. The van der Waals surface area contributed by atoms with Gasteiger partial charge in [-0.05, 0) is 139 Å². The van der Waals surface area contributed by atoms with Gasteiger partial charge in [-0.2, -0.15) is 0 Å². The highest BCUT2D eigenvalue weighted by Gasteiger charge is 2.71. The van der Waals surface area contributed by atoms with Crippen molar-refractivity contribution >= 4 is 23.6 Å². The van der Waals surface area contributed by atoms with Gasteiger partial charge in [-0.1, -0.05) is 77.1 Å². The topological polar surface area (TPSA) is 74.6 Å². The Morgan fingerprint density at radius 3 is 2.19 bits per heavy atom. The summed E-state index contributed by atoms with van der Waals surface area (Å²) in [6.07, 6.45) is 14.9. The second-order valence-corrected chi connectivity index (χ2v) is 16.5. The zero-order valence-electron chi connectivity index (χ0n) is 27.2. The van der Waals surface area contributed by atoms with Crippen LogP contribution in [0.3, 0.4) is 0 Å². The van der Waals surface area contributed by atoms with Gasteiger partial charge >= 0.3 is 11.9 Å². The number of hydrogen-bond donors (Lipinski definition) is 2. The molecule has 0 bridgehead atoms. The van der Waals surface area contributed by atoms with Crippen molar-refractivity contribution in [3.63, 3.8) is 0 Å². The highest BCUT2D eigenvalue weighted by atomic mass is 16.4. The predicted octanol–water partition coefficient (Wildman–Crippen LogP) is 9.52. The fraction of sp³-hybridized carbons (Fsp3) is 0.641. The van der Waals surface area contributed by atoms with Gasteiger partial charge in [-0.25, -0.2) is 4.79 Å². The van der Waals surface area contributed by atoms with Gasteiger partial charge in [0.25, 0.3) is 0 Å². The van der Waals surface area contributed by atoms with E-state index in [1.807, 2.05) is 12.1 Å². The molecule has 1 aromatic rings. The highest BCUT2D eigenvalue weighted by Crippen LogP contribution is 2.77. The number of hydrogen-bond acceptors (Lipinski definition) is 2. The minimum atomic E-state index is -0.931. The van der Waals surface area contributed by atoms with E-state index in [0.717, 1.165) is 44.1 Å². The van der Waals surface area contributed by atoms with Crippen LogP contribution in [0.2, 0.25) is 0 Å². The summed E-state index contributed by atoms with van der Waals surface area (Å²) < 4.78 is 0. The summed E-state index contributed by atoms with van der Waals surface area (Å²) in [5, 5.41) is 19.6. The maximum Gasteiger partial charge on any atom is 0.328 e. The lowest BCUT2D eigenvalue weighted by Gasteiger charge is -2.72. The summed E-state index contributed by atoms with van der Waals surface area (Å²) in [5.74, 6) is 0.692. The number of benzene rings is 1. The van der Waals surface area contributed by atoms with Crippen molar-refractivity contribution in [1.29, 1.82) is 0 Å². The number of carboxylic acid groups (broad SMARTS) is 2. The van der Waals surface area contributed by atoms with Crippen LogP contribution >= 0.6 is 0 Å². The third-order valence-electron chi connectivity index (χ3n) is 14.7. The van der Waals surface area contributed by atoms with E-state index < -0.39 is 17.4 Å². The Morgan fingerprint density at radius 2 is 1.56 bits per heavy atom. The molecular formula is C39H52O4. The van der Waals surface area contributed by atoms with Crippen LogP contribution in [-0.2, 0) is 9.59 Å². The quantitative estimate of drug-likeness (QED) is 0.267. The van der Waals surface area contributed by atoms with Crippen molar-refractivity contribution in [2.75, 3.05) is 0 Å². The van der Waals surface area contributed by atoms with Gasteiger partial charge < -0.3 is 10.2 Å². The average molecular weight is 585 g/mol. The second-order valence-electron chi connectivity index (χ2n) is 16.5. The first kappa shape index (κ1) is 30.4. The molecule has 232 valence electrons. The lowest BCUT2D eigenvalue weighted by atomic mass is 9.32. The minimum absolute atomic E-state index is 0.0199. The maximum atomic E-state index is 12.9. The molecular weight excluding hydrogens is 532 g/mol. The van der Waals surface area contributed by atoms with Crippen molar-refractivity contribution in [1.82, 2.24) is 0 Å². The van der Waals surface area contributed by atoms with Gasteiger partial charge in [0.2, 0.25) is 0 Å². The van der Waals surface area contributed by atoms with Crippen LogP contribution in [0.25, 0.3) is 11.6 Å². The predicted molar refractivity (Wildman–Crippen MR) is 173 cm³/mol. The molecule has 0 aliphatic heterocycles. The molecule has 0 radical (unpaired) electrons. The Bertz CT molecular complexity index is 1400. The lowest BCUT2D eigenvalue weighted by molar-refractivity contribution is -0.227. The summed E-state index contributed by atoms with van der Waals surface area (Å²) in [6, 6.07) is 8.38. The van der Waals surface area contributed by atoms with Gasteiger partial charge in [0, 0.05) is 6.08 Å². The molecule has 4 heteroatoms. The number of allylic oxidation sites excluding steroid dienone is 3. The fourth-order valence-corrected chi connectivity index (χ4v) is 12.6. The number of carboxylic acids is 2. The Hall–Kier alpha value is -2.62. The van der Waals surface area contributed by atoms with E-state index in [-0.39, 0.29) is 27.6 Å². The van der Waals surface area contributed by atoms with Gasteiger partial charge in [0.1, 0.15) is 0 Å². The second kappa shape index (κ2) is 9.94. The van der Waals surface area contributed by atoms with E-state index in [1.165, 1.54) is 42.0 Å². The van der Waals surface area contributed by atoms with Gasteiger partial charge in [-0.15, -0.1) is 0 Å². The van der Waals surface area contributed by atoms with Gasteiger partial charge in [0.15, 0.2) is 0 Å². The first-order chi connectivity index (χ1) is 20.1. The standard InChI is InChI=1S/C39H52O4/c1-24(2)27-16-21-39(34(42)43)23-22-37(6)29(33(27)39)13-14-31-36(5)19-17-28(35(3,4)30(36)18-20-38(31,37)7)26-11-8-25(9-12-26)10-15-32(40)41/h8-12,15,17,27,29-31,33H,1,13-14,16,18-23H2,2-7H3,(H,40,41)(H,42,43)/b15-10+/t27-,29+,30-,31+,33+,36-,37+,38+,39-/m0/s1. The molecule has 5 aliphatic rings. The van der Waals surface area contributed by atoms with Crippen LogP contribution in [0.15, 0.2) is 48.6 Å². The summed E-state index contributed by atoms with van der Waals surface area (Å²) in [4.78, 5) is 23.9. The number of carbonyl (C=O) groups is 2. The van der Waals surface area contributed by atoms with Crippen LogP contribution in [0.4, 0.5) is 0 Å². The van der Waals surface area contributed by atoms with E-state index in [0.29, 0.717) is 23.7 Å². The van der Waals surface area contributed by atoms with Crippen LogP contribution in [0, 0.1) is 56.7 Å². The normalized spacial score (nSPS) is 43.1. The molecule has 9 atom stereocenters. The monoisotopic (exact) mass is 584 g/mol. The minimum Gasteiger partial charge on any atom is -0.481 e. The molecule has 4 nitrogen and oxygen atoms in total. The maximum absolute atomic E-state index is 12.9. The first-order valence-electron chi connectivity index (χ1n) is 16.7. The Labute approximate surface area is 258 Å². The molecule has 0 saturated heterocycles. The Balaban J connectivity index is 1.34. The van der Waals surface area contributed by atoms with Crippen LogP contribution in [0.1, 0.15) is 110 Å². The molecule has 0 unspecified atom stereocenters. The van der Waals surface area contributed by atoms with Crippen molar-refractivity contribution in [3.05, 3.63) is 59.7 Å². The zero-order chi connectivity index (χ0) is 31.2.